The number of benzene rings is 1. The quantitative estimate of drug-likeness (QED) is 0.831. The maximum absolute atomic E-state index is 12.1. The summed E-state index contributed by atoms with van der Waals surface area (Å²) in [6.45, 7) is 9.05. The molecule has 0 saturated carbocycles. The lowest BCUT2D eigenvalue weighted by atomic mass is 10.1. The third kappa shape index (κ3) is 5.41. The van der Waals surface area contributed by atoms with Crippen LogP contribution in [0.2, 0.25) is 0 Å². The van der Waals surface area contributed by atoms with Crippen molar-refractivity contribution in [2.24, 2.45) is 5.92 Å². The zero-order chi connectivity index (χ0) is 15.2. The summed E-state index contributed by atoms with van der Waals surface area (Å²) in [5.74, 6) is 0.651. The molecule has 1 aromatic rings. The molecule has 2 atom stereocenters. The Kier molecular flexibility index (Phi) is 6.21. The molecule has 2 rings (SSSR count). The van der Waals surface area contributed by atoms with E-state index in [4.69, 9.17) is 4.74 Å². The number of halogens is 1. The van der Waals surface area contributed by atoms with Crippen molar-refractivity contribution in [3.05, 3.63) is 34.3 Å². The second kappa shape index (κ2) is 7.92. The Bertz CT molecular complexity index is 462. The van der Waals surface area contributed by atoms with Gasteiger partial charge in [-0.05, 0) is 24.3 Å². The fourth-order valence-electron chi connectivity index (χ4n) is 2.66. The highest BCUT2D eigenvalue weighted by atomic mass is 79.9. The molecule has 1 aliphatic heterocycles. The Hall–Kier alpha value is -0.910. The monoisotopic (exact) mass is 355 g/mol. The Balaban J connectivity index is 1.79. The van der Waals surface area contributed by atoms with Crippen molar-refractivity contribution in [2.75, 3.05) is 32.8 Å². The number of amides is 1. The Morgan fingerprint density at radius 2 is 2.14 bits per heavy atom. The van der Waals surface area contributed by atoms with Gasteiger partial charge in [-0.3, -0.25) is 4.79 Å². The number of morpholine rings is 1. The van der Waals surface area contributed by atoms with Crippen LogP contribution in [0.5, 0.6) is 0 Å². The summed E-state index contributed by atoms with van der Waals surface area (Å²) >= 11 is 3.37. The van der Waals surface area contributed by atoms with E-state index in [1.54, 1.807) is 4.90 Å². The Morgan fingerprint density at radius 3 is 2.81 bits per heavy atom. The number of ether oxygens (including phenoxy) is 1. The number of rotatable bonds is 5. The molecule has 0 aromatic heterocycles. The number of hydrogen-bond acceptors (Lipinski definition) is 2. The van der Waals surface area contributed by atoms with Crippen LogP contribution in [-0.2, 0) is 4.74 Å². The first kappa shape index (κ1) is 16.5. The van der Waals surface area contributed by atoms with Gasteiger partial charge < -0.3 is 15.0 Å². The van der Waals surface area contributed by atoms with Gasteiger partial charge in [0.05, 0.1) is 13.2 Å². The van der Waals surface area contributed by atoms with Crippen LogP contribution in [0.15, 0.2) is 28.7 Å². The fourth-order valence-corrected chi connectivity index (χ4v) is 2.92. The second-order valence-corrected chi connectivity index (χ2v) is 6.93. The third-order valence-corrected chi connectivity index (χ3v) is 4.15. The van der Waals surface area contributed by atoms with E-state index in [-0.39, 0.29) is 12.0 Å². The van der Waals surface area contributed by atoms with Crippen LogP contribution < -0.4 is 10.2 Å². The van der Waals surface area contributed by atoms with Crippen molar-refractivity contribution in [3.8, 4) is 0 Å². The highest BCUT2D eigenvalue weighted by molar-refractivity contribution is 9.10. The standard InChI is InChI=1S/C16H23BrN2O2/c1-12(2)10-19-7-8-21-15(11-19)9-18-16(20)13-3-5-14(17)6-4-13/h3-6,12,15H,7-11H2,1-2H3,(H,18,20)/p+1/t15-/m0/s1. The summed E-state index contributed by atoms with van der Waals surface area (Å²) in [6.07, 6.45) is 0.117. The molecule has 1 unspecified atom stereocenters. The van der Waals surface area contributed by atoms with Crippen LogP contribution in [0.25, 0.3) is 0 Å². The SMILES string of the molecule is CC(C)C[NH+]1CCO[C@@H](CNC(=O)c2ccc(Br)cc2)C1. The first-order valence-electron chi connectivity index (χ1n) is 7.53. The summed E-state index contributed by atoms with van der Waals surface area (Å²) in [7, 11) is 0. The molecule has 1 aliphatic rings. The van der Waals surface area contributed by atoms with Crippen molar-refractivity contribution >= 4 is 21.8 Å². The van der Waals surface area contributed by atoms with Gasteiger partial charge >= 0.3 is 0 Å². The van der Waals surface area contributed by atoms with Crippen LogP contribution in [0, 0.1) is 5.92 Å². The third-order valence-electron chi connectivity index (χ3n) is 3.62. The van der Waals surface area contributed by atoms with Gasteiger partial charge in [0.15, 0.2) is 0 Å². The molecule has 1 fully saturated rings. The molecule has 0 spiro atoms. The highest BCUT2D eigenvalue weighted by Gasteiger charge is 2.24. The molecule has 0 bridgehead atoms. The van der Waals surface area contributed by atoms with Crippen molar-refractivity contribution in [1.82, 2.24) is 5.32 Å². The normalized spacial score (nSPS) is 22.3. The van der Waals surface area contributed by atoms with E-state index in [0.29, 0.717) is 18.0 Å². The van der Waals surface area contributed by atoms with E-state index >= 15 is 0 Å². The van der Waals surface area contributed by atoms with E-state index in [9.17, 15) is 4.79 Å². The van der Waals surface area contributed by atoms with E-state index in [1.807, 2.05) is 24.3 Å². The maximum atomic E-state index is 12.1. The molecule has 21 heavy (non-hydrogen) atoms. The van der Waals surface area contributed by atoms with E-state index < -0.39 is 0 Å². The van der Waals surface area contributed by atoms with Gasteiger partial charge in [-0.15, -0.1) is 0 Å². The topological polar surface area (TPSA) is 42.8 Å². The summed E-state index contributed by atoms with van der Waals surface area (Å²) < 4.78 is 6.73. The fraction of sp³-hybridized carbons (Fsp3) is 0.562. The largest absolute Gasteiger partial charge is 0.365 e. The number of carbonyl (C=O) groups excluding carboxylic acids is 1. The van der Waals surface area contributed by atoms with Gasteiger partial charge in [0.25, 0.3) is 5.91 Å². The van der Waals surface area contributed by atoms with Crippen molar-refractivity contribution < 1.29 is 14.4 Å². The molecule has 116 valence electrons. The minimum absolute atomic E-state index is 0.0397. The average molecular weight is 356 g/mol. The maximum Gasteiger partial charge on any atom is 0.251 e. The Labute approximate surface area is 135 Å². The molecule has 0 aliphatic carbocycles. The average Bonchev–Trinajstić information content (AvgIpc) is 2.45. The van der Waals surface area contributed by atoms with Crippen molar-refractivity contribution in [2.45, 2.75) is 20.0 Å². The number of quaternary nitrogens is 1. The lowest BCUT2D eigenvalue weighted by Gasteiger charge is -2.31. The predicted molar refractivity (Wildman–Crippen MR) is 86.6 cm³/mol. The molecule has 1 saturated heterocycles. The van der Waals surface area contributed by atoms with E-state index in [2.05, 4.69) is 35.1 Å². The summed E-state index contributed by atoms with van der Waals surface area (Å²) in [5, 5.41) is 2.97. The van der Waals surface area contributed by atoms with Gasteiger partial charge in [-0.25, -0.2) is 0 Å². The minimum Gasteiger partial charge on any atom is -0.365 e. The van der Waals surface area contributed by atoms with Crippen molar-refractivity contribution in [3.63, 3.8) is 0 Å². The molecule has 2 N–H and O–H groups in total. The van der Waals surface area contributed by atoms with Gasteiger partial charge in [0.2, 0.25) is 0 Å². The molecular weight excluding hydrogens is 332 g/mol. The van der Waals surface area contributed by atoms with Crippen molar-refractivity contribution in [1.29, 1.82) is 0 Å². The number of nitrogens with one attached hydrogen (secondary N) is 2. The zero-order valence-corrected chi connectivity index (χ0v) is 14.3. The summed E-state index contributed by atoms with van der Waals surface area (Å²) in [5.41, 5.74) is 0.681. The van der Waals surface area contributed by atoms with Gasteiger partial charge in [0, 0.05) is 22.5 Å². The Morgan fingerprint density at radius 1 is 1.43 bits per heavy atom. The van der Waals surface area contributed by atoms with Gasteiger partial charge in [0.1, 0.15) is 19.2 Å². The lowest BCUT2D eigenvalue weighted by Crippen LogP contribution is -3.15. The summed E-state index contributed by atoms with van der Waals surface area (Å²) in [6, 6.07) is 7.38. The van der Waals surface area contributed by atoms with Crippen LogP contribution in [0.4, 0.5) is 0 Å². The number of carbonyl (C=O) groups is 1. The van der Waals surface area contributed by atoms with Gasteiger partial charge in [-0.1, -0.05) is 29.8 Å². The second-order valence-electron chi connectivity index (χ2n) is 6.01. The van der Waals surface area contributed by atoms with E-state index in [0.717, 1.165) is 24.2 Å². The van der Waals surface area contributed by atoms with Crippen LogP contribution in [-0.4, -0.2) is 44.8 Å². The van der Waals surface area contributed by atoms with E-state index in [1.165, 1.54) is 6.54 Å². The highest BCUT2D eigenvalue weighted by Crippen LogP contribution is 2.10. The van der Waals surface area contributed by atoms with Crippen LogP contribution in [0.1, 0.15) is 24.2 Å². The molecular formula is C16H24BrN2O2+. The molecule has 1 amide bonds. The first-order chi connectivity index (χ1) is 10.0. The first-order valence-corrected chi connectivity index (χ1v) is 8.33. The molecule has 1 aromatic carbocycles. The molecule has 5 heteroatoms. The smallest absolute Gasteiger partial charge is 0.251 e. The summed E-state index contributed by atoms with van der Waals surface area (Å²) in [4.78, 5) is 13.6. The lowest BCUT2D eigenvalue weighted by molar-refractivity contribution is -0.914. The zero-order valence-electron chi connectivity index (χ0n) is 12.7. The molecule has 4 nitrogen and oxygen atoms in total. The number of hydrogen-bond donors (Lipinski definition) is 2. The molecule has 1 heterocycles. The predicted octanol–water partition coefficient (Wildman–Crippen LogP) is 1.12. The molecule has 0 radical (unpaired) electrons. The van der Waals surface area contributed by atoms with Crippen LogP contribution in [0.3, 0.4) is 0 Å². The van der Waals surface area contributed by atoms with Crippen LogP contribution >= 0.6 is 15.9 Å². The minimum atomic E-state index is -0.0397. The van der Waals surface area contributed by atoms with Gasteiger partial charge in [-0.2, -0.15) is 0 Å².